The topological polar surface area (TPSA) is 34.4 Å². The number of likely N-dealkylation sites (N-methyl/N-ethyl adjacent to an activating group) is 1. The van der Waals surface area contributed by atoms with Gasteiger partial charge in [-0.2, -0.15) is 0 Å². The average molecular weight is 289 g/mol. The van der Waals surface area contributed by atoms with Crippen molar-refractivity contribution in [1.82, 2.24) is 5.32 Å². The van der Waals surface area contributed by atoms with Crippen LogP contribution in [0.4, 0.5) is 0 Å². The van der Waals surface area contributed by atoms with Gasteiger partial charge >= 0.3 is 0 Å². The summed E-state index contributed by atoms with van der Waals surface area (Å²) < 4.78 is 12.2. The zero-order valence-corrected chi connectivity index (χ0v) is 13.8. The van der Waals surface area contributed by atoms with Crippen LogP contribution < -0.4 is 5.32 Å². The molecule has 2 aromatic rings. The molecule has 0 radical (unpaired) electrons. The largest absolute Gasteiger partial charge is 0.459 e. The lowest BCUT2D eigenvalue weighted by atomic mass is 9.86. The van der Waals surface area contributed by atoms with Crippen molar-refractivity contribution in [3.8, 4) is 0 Å². The highest BCUT2D eigenvalue weighted by atomic mass is 16.5. The molecule has 0 aliphatic rings. The molecule has 3 nitrogen and oxygen atoms in total. The summed E-state index contributed by atoms with van der Waals surface area (Å²) in [6, 6.07) is 8.48. The molecule has 1 unspecified atom stereocenters. The fourth-order valence-corrected chi connectivity index (χ4v) is 3.22. The Hall–Kier alpha value is -1.32. The Morgan fingerprint density at radius 2 is 1.90 bits per heavy atom. The standard InChI is InChI=1S/C18H27NO2/c1-6-18(7-2,20-8-3)17(19-5)16-12-14-11-13(4)9-10-15(14)21-16/h9-12,17,19H,6-8H2,1-5H3. The van der Waals surface area contributed by atoms with Crippen molar-refractivity contribution in [1.29, 1.82) is 0 Å². The Kier molecular flexibility index (Phi) is 5.07. The molecule has 116 valence electrons. The first-order valence-electron chi connectivity index (χ1n) is 7.91. The number of rotatable bonds is 7. The third kappa shape index (κ3) is 2.99. The van der Waals surface area contributed by atoms with E-state index in [0.29, 0.717) is 6.61 Å². The molecule has 0 spiro atoms. The van der Waals surface area contributed by atoms with E-state index >= 15 is 0 Å². The van der Waals surface area contributed by atoms with Gasteiger partial charge in [0.2, 0.25) is 0 Å². The number of ether oxygens (including phenoxy) is 1. The molecule has 0 aliphatic heterocycles. The van der Waals surface area contributed by atoms with Crippen LogP contribution in [0.15, 0.2) is 28.7 Å². The lowest BCUT2D eigenvalue weighted by molar-refractivity contribution is -0.0757. The van der Waals surface area contributed by atoms with Crippen molar-refractivity contribution < 1.29 is 9.15 Å². The minimum atomic E-state index is -0.230. The molecule has 1 aromatic carbocycles. The summed E-state index contributed by atoms with van der Waals surface area (Å²) in [5.41, 5.74) is 1.96. The molecular weight excluding hydrogens is 262 g/mol. The van der Waals surface area contributed by atoms with Crippen molar-refractivity contribution in [2.24, 2.45) is 0 Å². The first-order chi connectivity index (χ1) is 10.1. The minimum Gasteiger partial charge on any atom is -0.459 e. The van der Waals surface area contributed by atoms with Gasteiger partial charge in [-0.05, 0) is 51.9 Å². The van der Waals surface area contributed by atoms with Gasteiger partial charge in [0.15, 0.2) is 0 Å². The van der Waals surface area contributed by atoms with Crippen molar-refractivity contribution in [3.05, 3.63) is 35.6 Å². The van der Waals surface area contributed by atoms with Crippen LogP contribution in [0.5, 0.6) is 0 Å². The highest BCUT2D eigenvalue weighted by molar-refractivity contribution is 5.78. The van der Waals surface area contributed by atoms with Gasteiger partial charge in [-0.3, -0.25) is 0 Å². The molecule has 2 rings (SSSR count). The molecule has 1 N–H and O–H groups in total. The van der Waals surface area contributed by atoms with Crippen molar-refractivity contribution in [2.45, 2.75) is 52.2 Å². The van der Waals surface area contributed by atoms with Gasteiger partial charge in [0.25, 0.3) is 0 Å². The molecule has 1 atom stereocenters. The lowest BCUT2D eigenvalue weighted by Gasteiger charge is -2.38. The van der Waals surface area contributed by atoms with E-state index in [0.717, 1.165) is 29.6 Å². The van der Waals surface area contributed by atoms with Crippen LogP contribution in [0, 0.1) is 6.92 Å². The Bertz CT molecular complexity index is 584. The smallest absolute Gasteiger partial charge is 0.134 e. The van der Waals surface area contributed by atoms with Gasteiger partial charge in [0.05, 0.1) is 11.6 Å². The van der Waals surface area contributed by atoms with E-state index in [2.05, 4.69) is 51.2 Å². The average Bonchev–Trinajstić information content (AvgIpc) is 2.89. The van der Waals surface area contributed by atoms with E-state index in [-0.39, 0.29) is 11.6 Å². The Morgan fingerprint density at radius 3 is 2.48 bits per heavy atom. The number of hydrogen-bond donors (Lipinski definition) is 1. The van der Waals surface area contributed by atoms with E-state index in [1.165, 1.54) is 5.56 Å². The minimum absolute atomic E-state index is 0.0557. The summed E-state index contributed by atoms with van der Waals surface area (Å²) in [4.78, 5) is 0. The maximum atomic E-state index is 6.13. The fraction of sp³-hybridized carbons (Fsp3) is 0.556. The van der Waals surface area contributed by atoms with Crippen LogP contribution in [0.1, 0.15) is 51.0 Å². The van der Waals surface area contributed by atoms with Gasteiger partial charge < -0.3 is 14.5 Å². The molecule has 0 bridgehead atoms. The molecule has 0 saturated heterocycles. The predicted molar refractivity (Wildman–Crippen MR) is 87.7 cm³/mol. The highest BCUT2D eigenvalue weighted by Gasteiger charge is 2.38. The summed E-state index contributed by atoms with van der Waals surface area (Å²) in [5.74, 6) is 0.954. The van der Waals surface area contributed by atoms with E-state index < -0.39 is 0 Å². The quantitative estimate of drug-likeness (QED) is 0.809. The first-order valence-corrected chi connectivity index (χ1v) is 7.91. The van der Waals surface area contributed by atoms with Crippen LogP contribution >= 0.6 is 0 Å². The fourth-order valence-electron chi connectivity index (χ4n) is 3.22. The molecule has 21 heavy (non-hydrogen) atoms. The molecular formula is C18H27NO2. The van der Waals surface area contributed by atoms with Gasteiger partial charge in [-0.1, -0.05) is 25.5 Å². The predicted octanol–water partition coefficient (Wildman–Crippen LogP) is 4.60. The number of nitrogens with one attached hydrogen (secondary N) is 1. The maximum Gasteiger partial charge on any atom is 0.134 e. The zero-order valence-electron chi connectivity index (χ0n) is 13.8. The normalized spacial score (nSPS) is 13.8. The van der Waals surface area contributed by atoms with Gasteiger partial charge in [-0.15, -0.1) is 0 Å². The molecule has 0 amide bonds. The second kappa shape index (κ2) is 6.63. The Labute approximate surface area is 127 Å². The summed E-state index contributed by atoms with van der Waals surface area (Å²) in [6.45, 7) is 9.21. The number of hydrogen-bond acceptors (Lipinski definition) is 3. The summed E-state index contributed by atoms with van der Waals surface area (Å²) in [6.07, 6.45) is 1.89. The Morgan fingerprint density at radius 1 is 1.19 bits per heavy atom. The van der Waals surface area contributed by atoms with Crippen LogP contribution in [0.3, 0.4) is 0 Å². The second-order valence-corrected chi connectivity index (χ2v) is 5.62. The van der Waals surface area contributed by atoms with Crippen LogP contribution in [-0.4, -0.2) is 19.3 Å². The van der Waals surface area contributed by atoms with Crippen molar-refractivity contribution in [3.63, 3.8) is 0 Å². The number of benzene rings is 1. The number of fused-ring (bicyclic) bond motifs is 1. The summed E-state index contributed by atoms with van der Waals surface area (Å²) >= 11 is 0. The number of aryl methyl sites for hydroxylation is 1. The van der Waals surface area contributed by atoms with Crippen LogP contribution in [0.2, 0.25) is 0 Å². The summed E-state index contributed by atoms with van der Waals surface area (Å²) in [7, 11) is 1.97. The zero-order chi connectivity index (χ0) is 15.5. The molecule has 0 aliphatic carbocycles. The number of furan rings is 1. The monoisotopic (exact) mass is 289 g/mol. The van der Waals surface area contributed by atoms with E-state index in [4.69, 9.17) is 9.15 Å². The summed E-state index contributed by atoms with van der Waals surface area (Å²) in [5, 5.41) is 4.56. The molecule has 0 saturated carbocycles. The lowest BCUT2D eigenvalue weighted by Crippen LogP contribution is -2.44. The third-order valence-corrected chi connectivity index (χ3v) is 4.42. The van der Waals surface area contributed by atoms with Gasteiger partial charge in [-0.25, -0.2) is 0 Å². The van der Waals surface area contributed by atoms with Crippen molar-refractivity contribution in [2.75, 3.05) is 13.7 Å². The van der Waals surface area contributed by atoms with E-state index in [1.807, 2.05) is 13.1 Å². The van der Waals surface area contributed by atoms with Gasteiger partial charge in [0.1, 0.15) is 11.3 Å². The highest BCUT2D eigenvalue weighted by Crippen LogP contribution is 2.37. The maximum absolute atomic E-state index is 6.13. The van der Waals surface area contributed by atoms with E-state index in [1.54, 1.807) is 0 Å². The molecule has 3 heteroatoms. The first kappa shape index (κ1) is 16.1. The van der Waals surface area contributed by atoms with Gasteiger partial charge in [0, 0.05) is 12.0 Å². The third-order valence-electron chi connectivity index (χ3n) is 4.42. The molecule has 1 heterocycles. The molecule has 0 fully saturated rings. The van der Waals surface area contributed by atoms with Crippen LogP contribution in [-0.2, 0) is 4.74 Å². The SMILES string of the molecule is CCOC(CC)(CC)C(NC)c1cc2cc(C)ccc2o1. The van der Waals surface area contributed by atoms with E-state index in [9.17, 15) is 0 Å². The second-order valence-electron chi connectivity index (χ2n) is 5.62. The Balaban J connectivity index is 2.46. The molecule has 1 aromatic heterocycles. The van der Waals surface area contributed by atoms with Crippen molar-refractivity contribution >= 4 is 11.0 Å². The van der Waals surface area contributed by atoms with Crippen LogP contribution in [0.25, 0.3) is 11.0 Å².